The summed E-state index contributed by atoms with van der Waals surface area (Å²) in [5, 5.41) is 10.1. The molecule has 94 valence electrons. The number of β-amino-alcohol motifs (C(OH)–C–C–N with tert-alkyl or cyclic N) is 1. The monoisotopic (exact) mass is 234 g/mol. The Balaban J connectivity index is 2.24. The fourth-order valence-corrected chi connectivity index (χ4v) is 2.53. The molecule has 2 rings (SSSR count). The number of para-hydroxylation sites is 1. The van der Waals surface area contributed by atoms with Gasteiger partial charge in [-0.15, -0.1) is 0 Å². The lowest BCUT2D eigenvalue weighted by molar-refractivity contribution is 0.0750. The molecule has 0 bridgehead atoms. The van der Waals surface area contributed by atoms with Crippen LogP contribution in [0, 0.1) is 5.92 Å². The third kappa shape index (κ3) is 2.79. The minimum Gasteiger partial charge on any atom is -0.387 e. The highest BCUT2D eigenvalue weighted by molar-refractivity contribution is 5.56. The summed E-state index contributed by atoms with van der Waals surface area (Å²) in [5.74, 6) is 0.624. The van der Waals surface area contributed by atoms with Crippen molar-refractivity contribution in [3.8, 4) is 0 Å². The number of hydrogen-bond donors (Lipinski definition) is 2. The molecule has 0 radical (unpaired) electrons. The Morgan fingerprint density at radius 1 is 1.47 bits per heavy atom. The molecule has 3 nitrogen and oxygen atoms in total. The predicted molar refractivity (Wildman–Crippen MR) is 71.2 cm³/mol. The molecule has 3 heteroatoms. The van der Waals surface area contributed by atoms with Crippen LogP contribution in [0.15, 0.2) is 24.3 Å². The van der Waals surface area contributed by atoms with Crippen molar-refractivity contribution in [3.63, 3.8) is 0 Å². The molecule has 1 heterocycles. The molecule has 0 saturated heterocycles. The Hall–Kier alpha value is -1.06. The molecule has 3 N–H and O–H groups in total. The molecule has 0 saturated carbocycles. The number of aliphatic hydroxyl groups is 1. The van der Waals surface area contributed by atoms with Crippen molar-refractivity contribution in [2.45, 2.75) is 25.9 Å². The van der Waals surface area contributed by atoms with Gasteiger partial charge in [0.25, 0.3) is 0 Å². The number of rotatable bonds is 3. The highest BCUT2D eigenvalue weighted by atomic mass is 16.3. The maximum absolute atomic E-state index is 10.1. The Bertz CT molecular complexity index is 390. The normalized spacial score (nSPS) is 23.1. The summed E-state index contributed by atoms with van der Waals surface area (Å²) < 4.78 is 0. The van der Waals surface area contributed by atoms with E-state index in [-0.39, 0.29) is 0 Å². The maximum atomic E-state index is 10.1. The molecular weight excluding hydrogens is 212 g/mol. The van der Waals surface area contributed by atoms with E-state index in [1.165, 1.54) is 11.3 Å². The van der Waals surface area contributed by atoms with Gasteiger partial charge in [0.1, 0.15) is 0 Å². The minimum atomic E-state index is -0.815. The number of fused-ring (bicyclic) bond motifs is 1. The summed E-state index contributed by atoms with van der Waals surface area (Å²) in [6, 6.07) is 8.44. The van der Waals surface area contributed by atoms with Crippen molar-refractivity contribution in [2.75, 3.05) is 24.5 Å². The van der Waals surface area contributed by atoms with Gasteiger partial charge in [0.2, 0.25) is 0 Å². The fourth-order valence-electron chi connectivity index (χ4n) is 2.53. The molecular formula is C14H22N2O. The van der Waals surface area contributed by atoms with Gasteiger partial charge < -0.3 is 15.7 Å². The first kappa shape index (κ1) is 12.4. The van der Waals surface area contributed by atoms with E-state index in [4.69, 9.17) is 5.73 Å². The van der Waals surface area contributed by atoms with Crippen molar-refractivity contribution >= 4 is 5.69 Å². The number of nitrogens with two attached hydrogens (primary N) is 1. The molecule has 1 aromatic rings. The lowest BCUT2D eigenvalue weighted by Crippen LogP contribution is -2.48. The highest BCUT2D eigenvalue weighted by Gasteiger charge is 2.27. The van der Waals surface area contributed by atoms with Crippen molar-refractivity contribution in [1.82, 2.24) is 0 Å². The average molecular weight is 234 g/mol. The maximum Gasteiger partial charge on any atom is 0.0915 e. The summed E-state index contributed by atoms with van der Waals surface area (Å²) in [5.41, 5.74) is 7.41. The molecule has 0 aromatic heterocycles. The second kappa shape index (κ2) is 4.67. The molecule has 17 heavy (non-hydrogen) atoms. The van der Waals surface area contributed by atoms with Gasteiger partial charge in [0, 0.05) is 25.3 Å². The molecule has 2 atom stereocenters. The van der Waals surface area contributed by atoms with E-state index in [1.807, 2.05) is 0 Å². The van der Waals surface area contributed by atoms with E-state index >= 15 is 0 Å². The van der Waals surface area contributed by atoms with Crippen LogP contribution in [0.1, 0.15) is 19.4 Å². The third-order valence-electron chi connectivity index (χ3n) is 3.40. The van der Waals surface area contributed by atoms with Gasteiger partial charge in [-0.05, 0) is 30.9 Å². The zero-order valence-corrected chi connectivity index (χ0v) is 10.7. The summed E-state index contributed by atoms with van der Waals surface area (Å²) in [7, 11) is 0. The zero-order chi connectivity index (χ0) is 12.5. The van der Waals surface area contributed by atoms with Crippen LogP contribution in [0.25, 0.3) is 0 Å². The number of benzene rings is 1. The fraction of sp³-hybridized carbons (Fsp3) is 0.571. The van der Waals surface area contributed by atoms with Crippen LogP contribution in [0.2, 0.25) is 0 Å². The molecule has 1 aliphatic heterocycles. The van der Waals surface area contributed by atoms with Crippen LogP contribution >= 0.6 is 0 Å². The van der Waals surface area contributed by atoms with Gasteiger partial charge in [0.05, 0.1) is 5.60 Å². The Morgan fingerprint density at radius 2 is 2.18 bits per heavy atom. The van der Waals surface area contributed by atoms with Crippen molar-refractivity contribution < 1.29 is 5.11 Å². The Morgan fingerprint density at radius 3 is 2.88 bits per heavy atom. The molecule has 1 aliphatic rings. The summed E-state index contributed by atoms with van der Waals surface area (Å²) in [4.78, 5) is 2.26. The van der Waals surface area contributed by atoms with Crippen LogP contribution in [0.5, 0.6) is 0 Å². The van der Waals surface area contributed by atoms with Crippen LogP contribution in [-0.2, 0) is 6.42 Å². The largest absolute Gasteiger partial charge is 0.387 e. The van der Waals surface area contributed by atoms with E-state index < -0.39 is 5.60 Å². The first-order chi connectivity index (χ1) is 8.02. The summed E-state index contributed by atoms with van der Waals surface area (Å²) in [6.07, 6.45) is 1.12. The zero-order valence-electron chi connectivity index (χ0n) is 10.7. The van der Waals surface area contributed by atoms with Gasteiger partial charge in [-0.25, -0.2) is 0 Å². The van der Waals surface area contributed by atoms with E-state index in [2.05, 4.69) is 36.1 Å². The van der Waals surface area contributed by atoms with Gasteiger partial charge >= 0.3 is 0 Å². The van der Waals surface area contributed by atoms with Crippen molar-refractivity contribution in [1.29, 1.82) is 0 Å². The van der Waals surface area contributed by atoms with Crippen LogP contribution in [0.3, 0.4) is 0 Å². The third-order valence-corrected chi connectivity index (χ3v) is 3.40. The summed E-state index contributed by atoms with van der Waals surface area (Å²) in [6.45, 7) is 5.94. The van der Waals surface area contributed by atoms with Crippen molar-refractivity contribution in [2.24, 2.45) is 11.7 Å². The number of hydrogen-bond acceptors (Lipinski definition) is 3. The minimum absolute atomic E-state index is 0.292. The first-order valence-electron chi connectivity index (χ1n) is 6.27. The molecule has 1 aromatic carbocycles. The second-order valence-corrected chi connectivity index (χ2v) is 5.52. The smallest absolute Gasteiger partial charge is 0.0915 e. The van der Waals surface area contributed by atoms with Gasteiger partial charge in [-0.3, -0.25) is 0 Å². The average Bonchev–Trinajstić information content (AvgIpc) is 2.28. The Labute approximate surface area is 103 Å². The van der Waals surface area contributed by atoms with Crippen LogP contribution in [0.4, 0.5) is 5.69 Å². The summed E-state index contributed by atoms with van der Waals surface area (Å²) >= 11 is 0. The van der Waals surface area contributed by atoms with E-state index in [1.54, 1.807) is 6.92 Å². The lowest BCUT2D eigenvalue weighted by atomic mass is 9.92. The van der Waals surface area contributed by atoms with Crippen LogP contribution < -0.4 is 10.6 Å². The van der Waals surface area contributed by atoms with E-state index in [0.29, 0.717) is 19.0 Å². The molecule has 0 spiro atoms. The number of nitrogens with zero attached hydrogens (tertiary/aromatic N) is 1. The molecule has 0 aliphatic carbocycles. The number of anilines is 1. The van der Waals surface area contributed by atoms with Gasteiger partial charge in [-0.2, -0.15) is 0 Å². The molecule has 0 amide bonds. The predicted octanol–water partition coefficient (Wildman–Crippen LogP) is 1.39. The second-order valence-electron chi connectivity index (χ2n) is 5.52. The SMILES string of the molecule is CC1Cc2ccccc2N(CC(C)(O)CN)C1. The topological polar surface area (TPSA) is 49.5 Å². The van der Waals surface area contributed by atoms with Crippen molar-refractivity contribution in [3.05, 3.63) is 29.8 Å². The quantitative estimate of drug-likeness (QED) is 0.831. The van der Waals surface area contributed by atoms with Gasteiger partial charge in [0.15, 0.2) is 0 Å². The molecule has 2 unspecified atom stereocenters. The van der Waals surface area contributed by atoms with Gasteiger partial charge in [-0.1, -0.05) is 25.1 Å². The van der Waals surface area contributed by atoms with Crippen LogP contribution in [-0.4, -0.2) is 30.3 Å². The Kier molecular flexibility index (Phi) is 3.40. The van der Waals surface area contributed by atoms with E-state index in [0.717, 1.165) is 13.0 Å². The first-order valence-corrected chi connectivity index (χ1v) is 6.27. The highest BCUT2D eigenvalue weighted by Crippen LogP contribution is 2.30. The standard InChI is InChI=1S/C14H22N2O/c1-11-7-12-5-3-4-6-13(12)16(8-11)10-14(2,17)9-15/h3-6,11,17H,7-10,15H2,1-2H3. The molecule has 0 fully saturated rings. The lowest BCUT2D eigenvalue weighted by Gasteiger charge is -2.38. The van der Waals surface area contributed by atoms with E-state index in [9.17, 15) is 5.11 Å².